The molecule has 11 rings (SSSR count). The minimum Gasteiger partial charge on any atom is -0.496 e. The lowest BCUT2D eigenvalue weighted by Crippen LogP contribution is -2.10. The van der Waals surface area contributed by atoms with Crippen LogP contribution in [0.4, 0.5) is 17.1 Å². The van der Waals surface area contributed by atoms with Crippen LogP contribution in [0.1, 0.15) is 0 Å². The lowest BCUT2D eigenvalue weighted by Gasteiger charge is -2.27. The second kappa shape index (κ2) is 14.8. The van der Waals surface area contributed by atoms with E-state index < -0.39 is 0 Å². The Balaban J connectivity index is 1.05. The van der Waals surface area contributed by atoms with Gasteiger partial charge in [-0.05, 0) is 109 Å². The summed E-state index contributed by atoms with van der Waals surface area (Å²) in [6, 6.07) is 77.9. The van der Waals surface area contributed by atoms with E-state index in [2.05, 4.69) is 193 Å². The number of anilines is 3. The quantitative estimate of drug-likeness (QED) is 0.144. The second-order valence-corrected chi connectivity index (χ2v) is 15.2. The number of ether oxygens (including phenoxy) is 1. The Bertz CT molecular complexity index is 3330. The van der Waals surface area contributed by atoms with E-state index in [-0.39, 0.29) is 0 Å². The van der Waals surface area contributed by atoms with Crippen LogP contribution in [0.15, 0.2) is 223 Å². The van der Waals surface area contributed by atoms with Crippen LogP contribution in [-0.4, -0.2) is 7.11 Å². The minimum absolute atomic E-state index is 0.859. The monoisotopic (exact) mass is 769 g/mol. The zero-order valence-corrected chi connectivity index (χ0v) is 33.0. The van der Waals surface area contributed by atoms with Gasteiger partial charge < -0.3 is 14.1 Å². The summed E-state index contributed by atoms with van der Waals surface area (Å²) in [4.78, 5) is 2.36. The molecule has 0 saturated heterocycles. The highest BCUT2D eigenvalue weighted by Crippen LogP contribution is 2.47. The summed E-state index contributed by atoms with van der Waals surface area (Å²) >= 11 is 0. The van der Waals surface area contributed by atoms with Crippen LogP contribution in [0, 0.1) is 0 Å². The number of para-hydroxylation sites is 2. The fraction of sp³-hybridized carbons (Fsp3) is 0.0175. The number of furan rings is 1. The maximum absolute atomic E-state index is 6.42. The van der Waals surface area contributed by atoms with Crippen molar-refractivity contribution >= 4 is 60.5 Å². The summed E-state index contributed by atoms with van der Waals surface area (Å²) in [5.41, 5.74) is 14.2. The lowest BCUT2D eigenvalue weighted by molar-refractivity contribution is 0.416. The molecule has 0 bridgehead atoms. The molecule has 0 N–H and O–H groups in total. The molecule has 0 spiro atoms. The molecule has 284 valence electrons. The molecule has 11 aromatic rings. The van der Waals surface area contributed by atoms with Crippen molar-refractivity contribution < 1.29 is 9.15 Å². The van der Waals surface area contributed by atoms with Crippen LogP contribution < -0.4 is 9.64 Å². The first kappa shape index (κ1) is 35.3. The van der Waals surface area contributed by atoms with E-state index >= 15 is 0 Å². The molecule has 0 saturated carbocycles. The van der Waals surface area contributed by atoms with Crippen LogP contribution in [0.2, 0.25) is 0 Å². The standard InChI is InChI=1S/C57H39NO2/c1-59-52-23-11-9-16-45(52)40-28-26-38(27-29-40)39-30-34-43(35-31-39)58(51-22-13-25-54-57(51)50-21-10-12-24-53(50)60-54)44-36-32-42(33-37-44)56-49-20-8-6-18-47(49)46-17-5-7-19-48(46)55(56)41-14-3-2-4-15-41/h2-37H,1H3. The molecule has 0 unspecified atom stereocenters. The largest absolute Gasteiger partial charge is 0.496 e. The van der Waals surface area contributed by atoms with Crippen LogP contribution >= 0.6 is 0 Å². The summed E-state index contributed by atoms with van der Waals surface area (Å²) in [6.07, 6.45) is 0. The summed E-state index contributed by atoms with van der Waals surface area (Å²) in [5, 5.41) is 7.17. The van der Waals surface area contributed by atoms with Gasteiger partial charge in [-0.3, -0.25) is 0 Å². The van der Waals surface area contributed by atoms with E-state index in [4.69, 9.17) is 9.15 Å². The van der Waals surface area contributed by atoms with Gasteiger partial charge in [-0.1, -0.05) is 170 Å². The SMILES string of the molecule is COc1ccccc1-c1ccc(-c2ccc(N(c3ccc(-c4c(-c5ccccc5)c5ccccc5c5ccccc45)cc3)c3cccc4oc5ccccc5c34)cc2)cc1. The van der Waals surface area contributed by atoms with Crippen molar-refractivity contribution in [3.8, 4) is 50.3 Å². The number of benzene rings is 10. The molecular formula is C57H39NO2. The fourth-order valence-corrected chi connectivity index (χ4v) is 9.02. The van der Waals surface area contributed by atoms with Gasteiger partial charge in [-0.2, -0.15) is 0 Å². The summed E-state index contributed by atoms with van der Waals surface area (Å²) in [7, 11) is 1.72. The van der Waals surface area contributed by atoms with Gasteiger partial charge in [0.15, 0.2) is 0 Å². The predicted octanol–water partition coefficient (Wildman–Crippen LogP) is 16.0. The lowest BCUT2D eigenvalue weighted by atomic mass is 9.85. The molecule has 3 nitrogen and oxygen atoms in total. The maximum Gasteiger partial charge on any atom is 0.137 e. The molecule has 0 fully saturated rings. The van der Waals surface area contributed by atoms with Crippen LogP contribution in [0.3, 0.4) is 0 Å². The first-order chi connectivity index (χ1) is 29.7. The molecule has 10 aromatic carbocycles. The number of fused-ring (bicyclic) bond motifs is 6. The highest BCUT2D eigenvalue weighted by atomic mass is 16.5. The summed E-state index contributed by atoms with van der Waals surface area (Å²) in [6.45, 7) is 0. The first-order valence-electron chi connectivity index (χ1n) is 20.4. The van der Waals surface area contributed by atoms with Crippen molar-refractivity contribution in [1.82, 2.24) is 0 Å². The Labute approximate surface area is 349 Å². The van der Waals surface area contributed by atoms with E-state index in [0.717, 1.165) is 67.0 Å². The smallest absolute Gasteiger partial charge is 0.137 e. The number of hydrogen-bond donors (Lipinski definition) is 0. The topological polar surface area (TPSA) is 25.6 Å². The van der Waals surface area contributed by atoms with E-state index in [1.807, 2.05) is 30.3 Å². The number of methoxy groups -OCH3 is 1. The van der Waals surface area contributed by atoms with Gasteiger partial charge in [0.2, 0.25) is 0 Å². The third-order valence-corrected chi connectivity index (χ3v) is 11.8. The predicted molar refractivity (Wildman–Crippen MR) is 252 cm³/mol. The van der Waals surface area contributed by atoms with Gasteiger partial charge in [0, 0.05) is 22.3 Å². The minimum atomic E-state index is 0.859. The second-order valence-electron chi connectivity index (χ2n) is 15.2. The zero-order chi connectivity index (χ0) is 40.0. The molecule has 0 aliphatic heterocycles. The molecule has 0 amide bonds. The van der Waals surface area contributed by atoms with Gasteiger partial charge >= 0.3 is 0 Å². The Hall–Kier alpha value is -7.88. The van der Waals surface area contributed by atoms with Gasteiger partial charge in [0.25, 0.3) is 0 Å². The van der Waals surface area contributed by atoms with Crippen molar-refractivity contribution in [2.45, 2.75) is 0 Å². The first-order valence-corrected chi connectivity index (χ1v) is 20.4. The third kappa shape index (κ3) is 5.99. The fourth-order valence-electron chi connectivity index (χ4n) is 9.02. The van der Waals surface area contributed by atoms with Crippen LogP contribution in [-0.2, 0) is 0 Å². The van der Waals surface area contributed by atoms with E-state index in [1.54, 1.807) is 7.11 Å². The van der Waals surface area contributed by atoms with Gasteiger partial charge in [0.1, 0.15) is 16.9 Å². The van der Waals surface area contributed by atoms with Crippen molar-refractivity contribution in [2.75, 3.05) is 12.0 Å². The number of nitrogens with zero attached hydrogens (tertiary/aromatic N) is 1. The molecule has 60 heavy (non-hydrogen) atoms. The molecule has 0 radical (unpaired) electrons. The molecule has 0 aliphatic carbocycles. The van der Waals surface area contributed by atoms with Crippen LogP contribution in [0.5, 0.6) is 5.75 Å². The van der Waals surface area contributed by atoms with Crippen molar-refractivity contribution in [3.05, 3.63) is 218 Å². The molecule has 0 atom stereocenters. The Morgan fingerprint density at radius 2 is 0.817 bits per heavy atom. The van der Waals surface area contributed by atoms with Crippen molar-refractivity contribution in [2.24, 2.45) is 0 Å². The van der Waals surface area contributed by atoms with Gasteiger partial charge in [-0.15, -0.1) is 0 Å². The molecule has 1 heterocycles. The van der Waals surface area contributed by atoms with Gasteiger partial charge in [-0.25, -0.2) is 0 Å². The van der Waals surface area contributed by atoms with Crippen LogP contribution in [0.25, 0.3) is 88.0 Å². The highest BCUT2D eigenvalue weighted by molar-refractivity contribution is 6.21. The van der Waals surface area contributed by atoms with Gasteiger partial charge in [0.05, 0.1) is 18.2 Å². The van der Waals surface area contributed by atoms with E-state index in [9.17, 15) is 0 Å². The number of hydrogen-bond acceptors (Lipinski definition) is 3. The number of rotatable bonds is 8. The maximum atomic E-state index is 6.42. The third-order valence-electron chi connectivity index (χ3n) is 11.8. The average Bonchev–Trinajstić information content (AvgIpc) is 3.72. The molecule has 3 heteroatoms. The molecule has 0 aliphatic rings. The molecular weight excluding hydrogens is 731 g/mol. The van der Waals surface area contributed by atoms with Crippen molar-refractivity contribution in [3.63, 3.8) is 0 Å². The van der Waals surface area contributed by atoms with Crippen molar-refractivity contribution in [1.29, 1.82) is 0 Å². The van der Waals surface area contributed by atoms with E-state index in [0.29, 0.717) is 0 Å². The summed E-state index contributed by atoms with van der Waals surface area (Å²) < 4.78 is 12.1. The zero-order valence-electron chi connectivity index (χ0n) is 33.0. The Kier molecular flexibility index (Phi) is 8.71. The summed E-state index contributed by atoms with van der Waals surface area (Å²) in [5.74, 6) is 0.866. The van der Waals surface area contributed by atoms with E-state index in [1.165, 1.54) is 43.8 Å². The normalized spacial score (nSPS) is 11.4. The Morgan fingerprint density at radius 3 is 1.45 bits per heavy atom. The molecule has 1 aromatic heterocycles. The average molecular weight is 770 g/mol. The Morgan fingerprint density at radius 1 is 0.350 bits per heavy atom. The highest BCUT2D eigenvalue weighted by Gasteiger charge is 2.21.